The Morgan fingerprint density at radius 2 is 2.42 bits per heavy atom. The number of hydrogen-bond donors (Lipinski definition) is 2. The molecule has 0 saturated carbocycles. The van der Waals surface area contributed by atoms with Crippen molar-refractivity contribution in [1.29, 1.82) is 0 Å². The van der Waals surface area contributed by atoms with Crippen molar-refractivity contribution in [2.75, 3.05) is 6.54 Å². The molecule has 0 aliphatic rings. The second-order valence-corrected chi connectivity index (χ2v) is 4.11. The van der Waals surface area contributed by atoms with Gasteiger partial charge in [0.25, 0.3) is 0 Å². The van der Waals surface area contributed by atoms with E-state index in [-0.39, 0.29) is 5.91 Å². The zero-order valence-electron chi connectivity index (χ0n) is 10.7. The molecule has 1 amide bonds. The van der Waals surface area contributed by atoms with E-state index in [1.807, 2.05) is 19.1 Å². The van der Waals surface area contributed by atoms with Crippen molar-refractivity contribution in [2.45, 2.75) is 19.8 Å². The first-order valence-electron chi connectivity index (χ1n) is 6.10. The lowest BCUT2D eigenvalue weighted by Crippen LogP contribution is -2.22. The fourth-order valence-electron chi connectivity index (χ4n) is 1.58. The maximum atomic E-state index is 11.5. The van der Waals surface area contributed by atoms with Crippen LogP contribution in [0.1, 0.15) is 23.8 Å². The highest BCUT2D eigenvalue weighted by Gasteiger charge is 1.99. The highest BCUT2D eigenvalue weighted by molar-refractivity contribution is 5.91. The summed E-state index contributed by atoms with van der Waals surface area (Å²) in [6.45, 7) is 2.46. The highest BCUT2D eigenvalue weighted by Crippen LogP contribution is 2.07. The van der Waals surface area contributed by atoms with E-state index >= 15 is 0 Å². The molecule has 0 fully saturated rings. The molecule has 0 aliphatic heterocycles. The third-order valence-electron chi connectivity index (χ3n) is 2.51. The summed E-state index contributed by atoms with van der Waals surface area (Å²) in [5, 5.41) is 9.32. The number of hydrogen-bond acceptors (Lipinski definition) is 4. The van der Waals surface area contributed by atoms with E-state index in [1.165, 1.54) is 12.4 Å². The van der Waals surface area contributed by atoms with Gasteiger partial charge in [-0.25, -0.2) is 4.98 Å². The minimum absolute atomic E-state index is 0.133. The lowest BCUT2D eigenvalue weighted by molar-refractivity contribution is -0.116. The number of carbonyl (C=O) groups excluding carboxylic acids is 1. The number of carbonyl (C=O) groups is 1. The molecule has 19 heavy (non-hydrogen) atoms. The summed E-state index contributed by atoms with van der Waals surface area (Å²) in [6.07, 6.45) is 6.17. The molecule has 0 radical (unpaired) electrons. The van der Waals surface area contributed by atoms with Crippen LogP contribution in [-0.2, 0) is 11.2 Å². The first kappa shape index (κ1) is 13.1. The van der Waals surface area contributed by atoms with Crippen molar-refractivity contribution in [2.24, 2.45) is 0 Å². The quantitative estimate of drug-likeness (QED) is 0.608. The number of nitrogens with one attached hydrogen (secondary N) is 2. The molecule has 0 aliphatic carbocycles. The van der Waals surface area contributed by atoms with Gasteiger partial charge in [-0.05, 0) is 31.6 Å². The number of aromatic amines is 1. The molecule has 0 atom stereocenters. The van der Waals surface area contributed by atoms with Crippen LogP contribution in [0, 0.1) is 6.92 Å². The Morgan fingerprint density at radius 3 is 3.11 bits per heavy atom. The van der Waals surface area contributed by atoms with Gasteiger partial charge in [-0.1, -0.05) is 0 Å². The van der Waals surface area contributed by atoms with Gasteiger partial charge in [-0.3, -0.25) is 9.89 Å². The molecular formula is C13H16N4O2. The summed E-state index contributed by atoms with van der Waals surface area (Å²) in [5.41, 5.74) is 0. The van der Waals surface area contributed by atoms with Gasteiger partial charge in [0.1, 0.15) is 23.7 Å². The summed E-state index contributed by atoms with van der Waals surface area (Å²) in [4.78, 5) is 15.5. The second kappa shape index (κ2) is 6.53. The molecule has 0 aromatic carbocycles. The van der Waals surface area contributed by atoms with E-state index in [4.69, 9.17) is 4.42 Å². The monoisotopic (exact) mass is 260 g/mol. The third kappa shape index (κ3) is 4.42. The first-order chi connectivity index (χ1) is 9.24. The van der Waals surface area contributed by atoms with Crippen LogP contribution in [0.4, 0.5) is 0 Å². The Morgan fingerprint density at radius 1 is 1.53 bits per heavy atom. The Balaban J connectivity index is 1.66. The zero-order valence-corrected chi connectivity index (χ0v) is 10.7. The van der Waals surface area contributed by atoms with Crippen LogP contribution in [0.15, 0.2) is 29.0 Å². The second-order valence-electron chi connectivity index (χ2n) is 4.11. The van der Waals surface area contributed by atoms with Gasteiger partial charge in [0.05, 0.1) is 0 Å². The van der Waals surface area contributed by atoms with E-state index < -0.39 is 0 Å². The maximum Gasteiger partial charge on any atom is 0.244 e. The standard InChI is InChI=1S/C13H16N4O2/c1-10-4-5-11(19-10)6-7-13(18)14-8-2-3-12-15-9-16-17-12/h4-7,9H,2-3,8H2,1H3,(H,14,18)(H,15,16,17). The fourth-order valence-corrected chi connectivity index (χ4v) is 1.58. The van der Waals surface area contributed by atoms with Crippen LogP contribution in [0.25, 0.3) is 6.08 Å². The van der Waals surface area contributed by atoms with Gasteiger partial charge < -0.3 is 9.73 Å². The minimum atomic E-state index is -0.133. The zero-order chi connectivity index (χ0) is 13.5. The molecule has 2 heterocycles. The normalized spacial score (nSPS) is 11.0. The van der Waals surface area contributed by atoms with Crippen LogP contribution in [0.2, 0.25) is 0 Å². The number of nitrogens with zero attached hydrogens (tertiary/aromatic N) is 2. The number of furan rings is 1. The molecular weight excluding hydrogens is 244 g/mol. The molecule has 2 aromatic heterocycles. The predicted molar refractivity (Wildman–Crippen MR) is 70.2 cm³/mol. The summed E-state index contributed by atoms with van der Waals surface area (Å²) in [5.74, 6) is 2.20. The molecule has 0 bridgehead atoms. The van der Waals surface area contributed by atoms with E-state index in [0.717, 1.165) is 24.4 Å². The summed E-state index contributed by atoms with van der Waals surface area (Å²) >= 11 is 0. The first-order valence-corrected chi connectivity index (χ1v) is 6.10. The number of amides is 1. The summed E-state index contributed by atoms with van der Waals surface area (Å²) in [7, 11) is 0. The Kier molecular flexibility index (Phi) is 4.49. The van der Waals surface area contributed by atoms with Crippen LogP contribution < -0.4 is 5.32 Å². The largest absolute Gasteiger partial charge is 0.462 e. The lowest BCUT2D eigenvalue weighted by Gasteiger charge is -2.00. The van der Waals surface area contributed by atoms with Gasteiger partial charge in [0.15, 0.2) is 0 Å². The summed E-state index contributed by atoms with van der Waals surface area (Å²) < 4.78 is 5.32. The van der Waals surface area contributed by atoms with Crippen LogP contribution >= 0.6 is 0 Å². The van der Waals surface area contributed by atoms with Crippen molar-refractivity contribution in [3.05, 3.63) is 41.9 Å². The average molecular weight is 260 g/mol. The Hall–Kier alpha value is -2.37. The molecule has 0 unspecified atom stereocenters. The van der Waals surface area contributed by atoms with Gasteiger partial charge in [-0.2, -0.15) is 5.10 Å². The smallest absolute Gasteiger partial charge is 0.244 e. The van der Waals surface area contributed by atoms with E-state index in [1.54, 1.807) is 6.08 Å². The van der Waals surface area contributed by atoms with Gasteiger partial charge in [0, 0.05) is 19.0 Å². The van der Waals surface area contributed by atoms with Gasteiger partial charge in [-0.15, -0.1) is 0 Å². The predicted octanol–water partition coefficient (Wildman–Crippen LogP) is 1.47. The minimum Gasteiger partial charge on any atom is -0.462 e. The van der Waals surface area contributed by atoms with Gasteiger partial charge >= 0.3 is 0 Å². The molecule has 6 nitrogen and oxygen atoms in total. The molecule has 2 N–H and O–H groups in total. The van der Waals surface area contributed by atoms with E-state index in [2.05, 4.69) is 20.5 Å². The fraction of sp³-hybridized carbons (Fsp3) is 0.308. The molecule has 2 rings (SSSR count). The third-order valence-corrected chi connectivity index (χ3v) is 2.51. The Bertz CT molecular complexity index is 543. The van der Waals surface area contributed by atoms with E-state index in [0.29, 0.717) is 12.3 Å². The van der Waals surface area contributed by atoms with Gasteiger partial charge in [0.2, 0.25) is 5.91 Å². The molecule has 6 heteroatoms. The molecule has 0 saturated heterocycles. The number of aryl methyl sites for hydroxylation is 2. The SMILES string of the molecule is Cc1ccc(C=CC(=O)NCCCc2ncn[nH]2)o1. The maximum absolute atomic E-state index is 11.5. The number of rotatable bonds is 6. The average Bonchev–Trinajstić information content (AvgIpc) is 3.03. The van der Waals surface area contributed by atoms with Crippen molar-refractivity contribution < 1.29 is 9.21 Å². The van der Waals surface area contributed by atoms with Crippen LogP contribution in [-0.4, -0.2) is 27.6 Å². The Labute approximate surface area is 110 Å². The number of H-pyrrole nitrogens is 1. The molecule has 100 valence electrons. The van der Waals surface area contributed by atoms with Crippen molar-refractivity contribution >= 4 is 12.0 Å². The van der Waals surface area contributed by atoms with Crippen molar-refractivity contribution in [1.82, 2.24) is 20.5 Å². The van der Waals surface area contributed by atoms with E-state index in [9.17, 15) is 4.79 Å². The van der Waals surface area contributed by atoms with Crippen molar-refractivity contribution in [3.63, 3.8) is 0 Å². The van der Waals surface area contributed by atoms with Crippen LogP contribution in [0.5, 0.6) is 0 Å². The lowest BCUT2D eigenvalue weighted by atomic mass is 10.3. The summed E-state index contributed by atoms with van der Waals surface area (Å²) in [6, 6.07) is 3.68. The topological polar surface area (TPSA) is 83.8 Å². The van der Waals surface area contributed by atoms with Crippen LogP contribution in [0.3, 0.4) is 0 Å². The number of aromatic nitrogens is 3. The highest BCUT2D eigenvalue weighted by atomic mass is 16.3. The molecule has 0 spiro atoms. The van der Waals surface area contributed by atoms with Crippen molar-refractivity contribution in [3.8, 4) is 0 Å². The molecule has 2 aromatic rings.